The second-order valence-corrected chi connectivity index (χ2v) is 9.18. The molecule has 0 spiro atoms. The highest BCUT2D eigenvalue weighted by atomic mass is 16.5. The number of hydrogen-bond donors (Lipinski definition) is 1. The summed E-state index contributed by atoms with van der Waals surface area (Å²) in [6.07, 6.45) is 18.7. The smallest absolute Gasteiger partial charge is 0.303 e. The number of aliphatic carboxylic acids is 1. The van der Waals surface area contributed by atoms with Gasteiger partial charge in [-0.3, -0.25) is 4.79 Å². The third kappa shape index (κ3) is 13.9. The number of unbranched alkanes of at least 4 members (excludes halogenated alkanes) is 9. The highest BCUT2D eigenvalue weighted by Crippen LogP contribution is 2.20. The maximum Gasteiger partial charge on any atom is 0.303 e. The van der Waals surface area contributed by atoms with Crippen LogP contribution in [0.15, 0.2) is 36.7 Å². The second-order valence-electron chi connectivity index (χ2n) is 9.18. The first-order chi connectivity index (χ1) is 17.2. The number of nitrogens with zero attached hydrogens (tertiary/aromatic N) is 2. The molecule has 0 aliphatic heterocycles. The molecule has 0 fully saturated rings. The van der Waals surface area contributed by atoms with Crippen LogP contribution >= 0.6 is 0 Å². The van der Waals surface area contributed by atoms with Crippen LogP contribution in [-0.4, -0.2) is 40.9 Å². The SMILES string of the molecule is CCCOCCCCOc1ccc(-c2ncc(CCCCCCCCCCCC(=O)O)cn2)cc1. The van der Waals surface area contributed by atoms with Crippen LogP contribution in [0.3, 0.4) is 0 Å². The Balaban J connectivity index is 1.54. The summed E-state index contributed by atoms with van der Waals surface area (Å²) in [6, 6.07) is 7.99. The Morgan fingerprint density at radius 1 is 0.771 bits per heavy atom. The molecule has 0 atom stereocenters. The fraction of sp³-hybridized carbons (Fsp3) is 0.621. The standard InChI is InChI=1S/C29H44N2O4/c1-2-20-34-21-12-13-22-35-27-18-16-26(17-19-27)29-30-23-25(24-31-29)14-10-8-6-4-3-5-7-9-11-15-28(32)33/h16-19,23-24H,2-15,20-22H2,1H3,(H,32,33). The summed E-state index contributed by atoms with van der Waals surface area (Å²) in [4.78, 5) is 19.6. The van der Waals surface area contributed by atoms with Gasteiger partial charge in [0, 0.05) is 37.6 Å². The summed E-state index contributed by atoms with van der Waals surface area (Å²) < 4.78 is 11.3. The molecule has 2 rings (SSSR count). The van der Waals surface area contributed by atoms with E-state index < -0.39 is 5.97 Å². The lowest BCUT2D eigenvalue weighted by Gasteiger charge is -2.08. The molecule has 0 aliphatic carbocycles. The molecule has 0 unspecified atom stereocenters. The lowest BCUT2D eigenvalue weighted by atomic mass is 10.0. The van der Waals surface area contributed by atoms with E-state index in [4.69, 9.17) is 14.6 Å². The van der Waals surface area contributed by atoms with E-state index in [1.807, 2.05) is 36.7 Å². The molecule has 0 saturated heterocycles. The predicted octanol–water partition coefficient (Wildman–Crippen LogP) is 7.26. The Labute approximate surface area is 211 Å². The summed E-state index contributed by atoms with van der Waals surface area (Å²) in [7, 11) is 0. The minimum atomic E-state index is -0.681. The third-order valence-corrected chi connectivity index (χ3v) is 5.97. The number of rotatable bonds is 21. The quantitative estimate of drug-likeness (QED) is 0.188. The molecular weight excluding hydrogens is 440 g/mol. The van der Waals surface area contributed by atoms with E-state index in [1.54, 1.807) is 0 Å². The average molecular weight is 485 g/mol. The molecule has 1 N–H and O–H groups in total. The van der Waals surface area contributed by atoms with Crippen LogP contribution in [0.5, 0.6) is 5.75 Å². The van der Waals surface area contributed by atoms with Crippen LogP contribution in [-0.2, 0) is 16.0 Å². The van der Waals surface area contributed by atoms with Gasteiger partial charge >= 0.3 is 5.97 Å². The van der Waals surface area contributed by atoms with Crippen LogP contribution in [0, 0.1) is 0 Å². The van der Waals surface area contributed by atoms with E-state index in [0.717, 1.165) is 81.7 Å². The maximum atomic E-state index is 10.5. The maximum absolute atomic E-state index is 10.5. The van der Waals surface area contributed by atoms with Gasteiger partial charge in [0.2, 0.25) is 0 Å². The molecule has 0 aliphatic rings. The summed E-state index contributed by atoms with van der Waals surface area (Å²) in [6.45, 7) is 4.47. The number of carbonyl (C=O) groups is 1. The lowest BCUT2D eigenvalue weighted by Crippen LogP contribution is -2.01. The topological polar surface area (TPSA) is 81.5 Å². The van der Waals surface area contributed by atoms with E-state index in [1.165, 1.54) is 37.7 Å². The van der Waals surface area contributed by atoms with Crippen molar-refractivity contribution in [2.45, 2.75) is 96.8 Å². The summed E-state index contributed by atoms with van der Waals surface area (Å²) in [5.41, 5.74) is 2.19. The second kappa shape index (κ2) is 18.8. The number of benzene rings is 1. The normalized spacial score (nSPS) is 11.0. The van der Waals surface area contributed by atoms with E-state index >= 15 is 0 Å². The van der Waals surface area contributed by atoms with Crippen LogP contribution in [0.25, 0.3) is 11.4 Å². The zero-order chi connectivity index (χ0) is 25.0. The van der Waals surface area contributed by atoms with E-state index in [0.29, 0.717) is 13.0 Å². The highest BCUT2D eigenvalue weighted by molar-refractivity contribution is 5.66. The largest absolute Gasteiger partial charge is 0.494 e. The van der Waals surface area contributed by atoms with Crippen molar-refractivity contribution < 1.29 is 19.4 Å². The molecule has 1 aromatic carbocycles. The Hall–Kier alpha value is -2.47. The van der Waals surface area contributed by atoms with Gasteiger partial charge in [0.25, 0.3) is 0 Å². The van der Waals surface area contributed by atoms with E-state index in [2.05, 4.69) is 16.9 Å². The van der Waals surface area contributed by atoms with Gasteiger partial charge in [-0.1, -0.05) is 51.9 Å². The molecule has 194 valence electrons. The molecule has 6 nitrogen and oxygen atoms in total. The van der Waals surface area contributed by atoms with Gasteiger partial charge in [-0.05, 0) is 68.4 Å². The minimum Gasteiger partial charge on any atom is -0.494 e. The first kappa shape index (κ1) is 28.8. The van der Waals surface area contributed by atoms with Crippen molar-refractivity contribution in [1.29, 1.82) is 0 Å². The van der Waals surface area contributed by atoms with Crippen molar-refractivity contribution >= 4 is 5.97 Å². The molecular formula is C29H44N2O4. The molecule has 1 aromatic heterocycles. The molecule has 0 saturated carbocycles. The Kier molecular flexibility index (Phi) is 15.5. The molecule has 0 bridgehead atoms. The number of ether oxygens (including phenoxy) is 2. The fourth-order valence-corrected chi connectivity index (χ4v) is 3.92. The number of aromatic nitrogens is 2. The van der Waals surface area contributed by atoms with Gasteiger partial charge in [0.1, 0.15) is 5.75 Å². The van der Waals surface area contributed by atoms with Gasteiger partial charge in [0.05, 0.1) is 6.61 Å². The van der Waals surface area contributed by atoms with Crippen molar-refractivity contribution in [1.82, 2.24) is 9.97 Å². The lowest BCUT2D eigenvalue weighted by molar-refractivity contribution is -0.137. The summed E-state index contributed by atoms with van der Waals surface area (Å²) in [5.74, 6) is 0.940. The zero-order valence-corrected chi connectivity index (χ0v) is 21.6. The molecule has 35 heavy (non-hydrogen) atoms. The van der Waals surface area contributed by atoms with Crippen LogP contribution in [0.2, 0.25) is 0 Å². The van der Waals surface area contributed by atoms with Gasteiger partial charge < -0.3 is 14.6 Å². The molecule has 2 aromatic rings. The van der Waals surface area contributed by atoms with Crippen molar-refractivity contribution in [3.8, 4) is 17.1 Å². The van der Waals surface area contributed by atoms with Crippen molar-refractivity contribution in [3.05, 3.63) is 42.2 Å². The Morgan fingerprint density at radius 3 is 2.00 bits per heavy atom. The van der Waals surface area contributed by atoms with Crippen LogP contribution in [0.4, 0.5) is 0 Å². The molecule has 6 heteroatoms. The predicted molar refractivity (Wildman–Crippen MR) is 141 cm³/mol. The van der Waals surface area contributed by atoms with Crippen molar-refractivity contribution in [3.63, 3.8) is 0 Å². The zero-order valence-electron chi connectivity index (χ0n) is 21.6. The third-order valence-electron chi connectivity index (χ3n) is 5.97. The van der Waals surface area contributed by atoms with Gasteiger partial charge in [-0.15, -0.1) is 0 Å². The monoisotopic (exact) mass is 484 g/mol. The van der Waals surface area contributed by atoms with Gasteiger partial charge in [-0.2, -0.15) is 0 Å². The highest BCUT2D eigenvalue weighted by Gasteiger charge is 2.03. The van der Waals surface area contributed by atoms with Crippen LogP contribution < -0.4 is 4.74 Å². The number of carboxylic acids is 1. The molecule has 0 radical (unpaired) electrons. The van der Waals surface area contributed by atoms with Crippen LogP contribution in [0.1, 0.15) is 96.0 Å². The molecule has 0 amide bonds. The molecule has 1 heterocycles. The average Bonchev–Trinajstić information content (AvgIpc) is 2.87. The van der Waals surface area contributed by atoms with E-state index in [-0.39, 0.29) is 0 Å². The Bertz CT molecular complexity index is 793. The van der Waals surface area contributed by atoms with E-state index in [9.17, 15) is 4.79 Å². The van der Waals surface area contributed by atoms with Crippen molar-refractivity contribution in [2.24, 2.45) is 0 Å². The summed E-state index contributed by atoms with van der Waals surface area (Å²) >= 11 is 0. The first-order valence-electron chi connectivity index (χ1n) is 13.5. The van der Waals surface area contributed by atoms with Gasteiger partial charge in [-0.25, -0.2) is 9.97 Å². The van der Waals surface area contributed by atoms with Crippen molar-refractivity contribution in [2.75, 3.05) is 19.8 Å². The Morgan fingerprint density at radius 2 is 1.37 bits per heavy atom. The first-order valence-corrected chi connectivity index (χ1v) is 13.5. The number of hydrogen-bond acceptors (Lipinski definition) is 5. The summed E-state index contributed by atoms with van der Waals surface area (Å²) in [5, 5.41) is 8.63. The van der Waals surface area contributed by atoms with Gasteiger partial charge in [0.15, 0.2) is 5.82 Å². The number of carboxylic acid groups (broad SMARTS) is 1. The fourth-order valence-electron chi connectivity index (χ4n) is 3.92. The number of aryl methyl sites for hydroxylation is 1. The minimum absolute atomic E-state index is 0.308.